The number of amides is 2. The number of aryl methyl sites for hydroxylation is 2. The third-order valence-corrected chi connectivity index (χ3v) is 5.21. The standard InChI is InChI=1S/C19H21F2N3O5S/c1-12-7-13(2)9-14(8-12)29-11-19(26)24-23-18(25)5-6-22-30(27,28)15-3-4-16(20)17(21)10-15/h3-4,7-10,22H,5-6,11H2,1-2H3,(H,23,25)(H,24,26). The number of hydrogen-bond donors (Lipinski definition) is 3. The molecule has 0 unspecified atom stereocenters. The summed E-state index contributed by atoms with van der Waals surface area (Å²) in [5, 5.41) is 0. The van der Waals surface area contributed by atoms with Gasteiger partial charge in [-0.25, -0.2) is 21.9 Å². The van der Waals surface area contributed by atoms with Crippen LogP contribution in [0.15, 0.2) is 41.3 Å². The highest BCUT2D eigenvalue weighted by Crippen LogP contribution is 2.16. The molecular formula is C19H21F2N3O5S. The van der Waals surface area contributed by atoms with Crippen LogP contribution in [0.25, 0.3) is 0 Å². The highest BCUT2D eigenvalue weighted by molar-refractivity contribution is 7.89. The lowest BCUT2D eigenvalue weighted by atomic mass is 10.1. The summed E-state index contributed by atoms with van der Waals surface area (Å²) >= 11 is 0. The predicted octanol–water partition coefficient (Wildman–Crippen LogP) is 1.48. The Kier molecular flexibility index (Phi) is 7.84. The number of sulfonamides is 1. The van der Waals surface area contributed by atoms with Gasteiger partial charge in [-0.3, -0.25) is 20.4 Å². The maximum absolute atomic E-state index is 13.2. The minimum Gasteiger partial charge on any atom is -0.484 e. The Labute approximate surface area is 172 Å². The number of nitrogens with one attached hydrogen (secondary N) is 3. The summed E-state index contributed by atoms with van der Waals surface area (Å²) < 4.78 is 57.5. The number of rotatable bonds is 8. The minimum absolute atomic E-state index is 0.304. The second kappa shape index (κ2) is 10.1. The van der Waals surface area contributed by atoms with Gasteiger partial charge in [-0.1, -0.05) is 6.07 Å². The number of hydrogen-bond acceptors (Lipinski definition) is 5. The molecule has 0 saturated carbocycles. The van der Waals surface area contributed by atoms with E-state index in [1.54, 1.807) is 12.1 Å². The summed E-state index contributed by atoms with van der Waals surface area (Å²) in [7, 11) is -4.12. The first kappa shape index (κ1) is 23.2. The molecular weight excluding hydrogens is 420 g/mol. The van der Waals surface area contributed by atoms with Crippen molar-refractivity contribution in [2.45, 2.75) is 25.2 Å². The van der Waals surface area contributed by atoms with Crippen molar-refractivity contribution in [1.29, 1.82) is 0 Å². The van der Waals surface area contributed by atoms with E-state index in [0.29, 0.717) is 17.9 Å². The van der Waals surface area contributed by atoms with Crippen molar-refractivity contribution in [2.24, 2.45) is 0 Å². The predicted molar refractivity (Wildman–Crippen MR) is 104 cm³/mol. The molecule has 2 aromatic rings. The van der Waals surface area contributed by atoms with Gasteiger partial charge in [-0.2, -0.15) is 0 Å². The zero-order chi connectivity index (χ0) is 22.3. The highest BCUT2D eigenvalue weighted by Gasteiger charge is 2.16. The molecule has 0 aliphatic rings. The Morgan fingerprint density at radius 3 is 2.20 bits per heavy atom. The highest BCUT2D eigenvalue weighted by atomic mass is 32.2. The molecule has 0 aliphatic carbocycles. The zero-order valence-corrected chi connectivity index (χ0v) is 17.1. The summed E-state index contributed by atoms with van der Waals surface area (Å²) in [6.07, 6.45) is -0.304. The fraction of sp³-hybridized carbons (Fsp3) is 0.263. The van der Waals surface area contributed by atoms with Crippen LogP contribution in [-0.2, 0) is 19.6 Å². The smallest absolute Gasteiger partial charge is 0.276 e. The molecule has 8 nitrogen and oxygen atoms in total. The maximum atomic E-state index is 13.2. The summed E-state index contributed by atoms with van der Waals surface area (Å²) in [5.41, 5.74) is 6.22. The van der Waals surface area contributed by atoms with Crippen molar-refractivity contribution in [2.75, 3.05) is 13.2 Å². The van der Waals surface area contributed by atoms with E-state index in [9.17, 15) is 26.8 Å². The fourth-order valence-corrected chi connectivity index (χ4v) is 3.47. The molecule has 0 fully saturated rings. The van der Waals surface area contributed by atoms with Gasteiger partial charge in [0.05, 0.1) is 4.90 Å². The third-order valence-electron chi connectivity index (χ3n) is 3.75. The Morgan fingerprint density at radius 2 is 1.57 bits per heavy atom. The van der Waals surface area contributed by atoms with E-state index in [0.717, 1.165) is 17.2 Å². The Hall–Kier alpha value is -3.05. The fourth-order valence-electron chi connectivity index (χ4n) is 2.43. The number of carbonyl (C=O) groups is 2. The molecule has 2 amide bonds. The first-order valence-corrected chi connectivity index (χ1v) is 10.3. The van der Waals surface area contributed by atoms with Crippen LogP contribution in [-0.4, -0.2) is 33.4 Å². The number of hydrazine groups is 1. The molecule has 30 heavy (non-hydrogen) atoms. The lowest BCUT2D eigenvalue weighted by molar-refractivity contribution is -0.129. The largest absolute Gasteiger partial charge is 0.484 e. The number of carbonyl (C=O) groups excluding carboxylic acids is 2. The first-order chi connectivity index (χ1) is 14.1. The van der Waals surface area contributed by atoms with Crippen molar-refractivity contribution < 1.29 is 31.5 Å². The van der Waals surface area contributed by atoms with Gasteiger partial charge in [0.1, 0.15) is 5.75 Å². The van der Waals surface area contributed by atoms with Crippen molar-refractivity contribution in [3.05, 3.63) is 59.2 Å². The molecule has 2 rings (SSSR count). The van der Waals surface area contributed by atoms with Gasteiger partial charge < -0.3 is 4.74 Å². The van der Waals surface area contributed by atoms with Crippen molar-refractivity contribution in [3.8, 4) is 5.75 Å². The van der Waals surface area contributed by atoms with Gasteiger partial charge >= 0.3 is 0 Å². The normalized spacial score (nSPS) is 11.1. The van der Waals surface area contributed by atoms with Crippen molar-refractivity contribution >= 4 is 21.8 Å². The van der Waals surface area contributed by atoms with Crippen molar-refractivity contribution in [3.63, 3.8) is 0 Å². The van der Waals surface area contributed by atoms with E-state index in [2.05, 4.69) is 15.6 Å². The van der Waals surface area contributed by atoms with E-state index in [-0.39, 0.29) is 19.6 Å². The van der Waals surface area contributed by atoms with Crippen molar-refractivity contribution in [1.82, 2.24) is 15.6 Å². The average Bonchev–Trinajstić information content (AvgIpc) is 2.66. The van der Waals surface area contributed by atoms with Crippen LogP contribution in [0.2, 0.25) is 0 Å². The van der Waals surface area contributed by atoms with Gasteiger partial charge in [0, 0.05) is 13.0 Å². The Balaban J connectivity index is 1.72. The van der Waals surface area contributed by atoms with Gasteiger partial charge in [0.2, 0.25) is 15.9 Å². The van der Waals surface area contributed by atoms with Gasteiger partial charge in [0.25, 0.3) is 5.91 Å². The lowest BCUT2D eigenvalue weighted by Crippen LogP contribution is -2.44. The van der Waals surface area contributed by atoms with E-state index in [1.807, 2.05) is 19.9 Å². The van der Waals surface area contributed by atoms with E-state index < -0.39 is 38.4 Å². The number of ether oxygens (including phenoxy) is 1. The SMILES string of the molecule is Cc1cc(C)cc(OCC(=O)NNC(=O)CCNS(=O)(=O)c2ccc(F)c(F)c2)c1. The van der Waals surface area contributed by atoms with Crippen LogP contribution in [0.4, 0.5) is 8.78 Å². The molecule has 0 aliphatic heterocycles. The Bertz CT molecular complexity index is 1020. The quantitative estimate of drug-likeness (QED) is 0.537. The van der Waals surface area contributed by atoms with Gasteiger partial charge in [-0.15, -0.1) is 0 Å². The molecule has 0 saturated heterocycles. The molecule has 0 radical (unpaired) electrons. The lowest BCUT2D eigenvalue weighted by Gasteiger charge is -2.10. The van der Waals surface area contributed by atoms with E-state index >= 15 is 0 Å². The molecule has 0 spiro atoms. The molecule has 11 heteroatoms. The molecule has 3 N–H and O–H groups in total. The zero-order valence-electron chi connectivity index (χ0n) is 16.3. The Morgan fingerprint density at radius 1 is 0.933 bits per heavy atom. The first-order valence-electron chi connectivity index (χ1n) is 8.80. The van der Waals surface area contributed by atoms with E-state index in [1.165, 1.54) is 0 Å². The van der Waals surface area contributed by atoms with Crippen LogP contribution < -0.4 is 20.3 Å². The second-order valence-electron chi connectivity index (χ2n) is 6.43. The van der Waals surface area contributed by atoms with Crippen LogP contribution in [0.5, 0.6) is 5.75 Å². The molecule has 0 heterocycles. The second-order valence-corrected chi connectivity index (χ2v) is 8.20. The third kappa shape index (κ3) is 7.08. The number of halogens is 2. The van der Waals surface area contributed by atoms with Crippen LogP contribution in [0.3, 0.4) is 0 Å². The average molecular weight is 441 g/mol. The maximum Gasteiger partial charge on any atom is 0.276 e. The monoisotopic (exact) mass is 441 g/mol. The number of benzene rings is 2. The van der Waals surface area contributed by atoms with E-state index in [4.69, 9.17) is 4.74 Å². The summed E-state index contributed by atoms with van der Waals surface area (Å²) in [6, 6.07) is 7.60. The molecule has 162 valence electrons. The molecule has 0 atom stereocenters. The van der Waals surface area contributed by atoms with Gasteiger partial charge in [-0.05, 0) is 55.3 Å². The minimum atomic E-state index is -4.12. The molecule has 0 bridgehead atoms. The molecule has 2 aromatic carbocycles. The van der Waals surface area contributed by atoms with Gasteiger partial charge in [0.15, 0.2) is 18.2 Å². The topological polar surface area (TPSA) is 114 Å². The molecule has 0 aromatic heterocycles. The summed E-state index contributed by atoms with van der Waals surface area (Å²) in [6.45, 7) is 3.13. The summed E-state index contributed by atoms with van der Waals surface area (Å²) in [4.78, 5) is 23.0. The van der Waals surface area contributed by atoms with Crippen LogP contribution >= 0.6 is 0 Å². The summed E-state index contributed by atoms with van der Waals surface area (Å²) in [5.74, 6) is -3.24. The van der Waals surface area contributed by atoms with Crippen LogP contribution in [0, 0.1) is 25.5 Å². The van der Waals surface area contributed by atoms with Crippen LogP contribution in [0.1, 0.15) is 17.5 Å².